The van der Waals surface area contributed by atoms with E-state index in [0.29, 0.717) is 6.54 Å². The Morgan fingerprint density at radius 3 is 2.81 bits per heavy atom. The first-order chi connectivity index (χ1) is 7.81. The Balaban J connectivity index is 2.09. The average molecular weight is 222 g/mol. The van der Waals surface area contributed by atoms with Gasteiger partial charge in [-0.2, -0.15) is 0 Å². The molecule has 0 spiro atoms. The van der Waals surface area contributed by atoms with Crippen LogP contribution in [0.2, 0.25) is 0 Å². The Bertz CT molecular complexity index is 334. The van der Waals surface area contributed by atoms with Gasteiger partial charge in [-0.05, 0) is 43.0 Å². The molecule has 0 aromatic heterocycles. The van der Waals surface area contributed by atoms with Gasteiger partial charge in [0.05, 0.1) is 0 Å². The molecule has 1 aliphatic rings. The minimum absolute atomic E-state index is 0.161. The van der Waals surface area contributed by atoms with Crippen molar-refractivity contribution in [2.75, 3.05) is 13.1 Å². The molecule has 2 nitrogen and oxygen atoms in total. The van der Waals surface area contributed by atoms with Crippen molar-refractivity contribution in [2.24, 2.45) is 11.7 Å². The summed E-state index contributed by atoms with van der Waals surface area (Å²) in [5, 5.41) is 3.26. The van der Waals surface area contributed by atoms with Gasteiger partial charge >= 0.3 is 0 Å². The summed E-state index contributed by atoms with van der Waals surface area (Å²) in [5.74, 6) is 0.161. The molecule has 1 aromatic rings. The maximum Gasteiger partial charge on any atom is 0.128 e. The van der Waals surface area contributed by atoms with Crippen molar-refractivity contribution >= 4 is 0 Å². The molecule has 2 rings (SSSR count). The second-order valence-corrected chi connectivity index (χ2v) is 4.44. The summed E-state index contributed by atoms with van der Waals surface area (Å²) < 4.78 is 14.3. The molecule has 1 aromatic carbocycles. The standard InChI is InChI=1S/C13H19FN2/c14-13(11-4-6-16-7-5-11)12-3-1-2-10(8-12)9-15/h1-3,8,11,13,16H,4-7,9,15H2. The third-order valence-corrected chi connectivity index (χ3v) is 3.30. The van der Waals surface area contributed by atoms with Crippen molar-refractivity contribution in [1.82, 2.24) is 5.32 Å². The molecule has 1 fully saturated rings. The lowest BCUT2D eigenvalue weighted by atomic mass is 9.88. The first kappa shape index (κ1) is 11.6. The third kappa shape index (κ3) is 2.60. The van der Waals surface area contributed by atoms with E-state index in [9.17, 15) is 4.39 Å². The van der Waals surface area contributed by atoms with Gasteiger partial charge in [-0.25, -0.2) is 4.39 Å². The number of rotatable bonds is 3. The fraction of sp³-hybridized carbons (Fsp3) is 0.538. The van der Waals surface area contributed by atoms with E-state index >= 15 is 0 Å². The number of nitrogens with two attached hydrogens (primary N) is 1. The summed E-state index contributed by atoms with van der Waals surface area (Å²) in [6.45, 7) is 2.34. The van der Waals surface area contributed by atoms with Crippen molar-refractivity contribution in [3.8, 4) is 0 Å². The minimum Gasteiger partial charge on any atom is -0.326 e. The van der Waals surface area contributed by atoms with Crippen LogP contribution in [0.25, 0.3) is 0 Å². The second kappa shape index (κ2) is 5.41. The maximum absolute atomic E-state index is 14.3. The number of halogens is 1. The zero-order chi connectivity index (χ0) is 11.4. The van der Waals surface area contributed by atoms with Crippen LogP contribution in [-0.4, -0.2) is 13.1 Å². The molecule has 1 unspecified atom stereocenters. The highest BCUT2D eigenvalue weighted by atomic mass is 19.1. The van der Waals surface area contributed by atoms with Gasteiger partial charge in [-0.1, -0.05) is 24.3 Å². The molecule has 1 aliphatic heterocycles. The van der Waals surface area contributed by atoms with E-state index in [1.807, 2.05) is 24.3 Å². The highest BCUT2D eigenvalue weighted by Crippen LogP contribution is 2.32. The van der Waals surface area contributed by atoms with E-state index in [0.717, 1.165) is 37.1 Å². The normalized spacial score (nSPS) is 19.6. The Hall–Kier alpha value is -0.930. The van der Waals surface area contributed by atoms with Gasteiger partial charge in [0.1, 0.15) is 6.17 Å². The molecule has 16 heavy (non-hydrogen) atoms. The molecule has 0 radical (unpaired) electrons. The first-order valence-corrected chi connectivity index (χ1v) is 5.95. The predicted molar refractivity (Wildman–Crippen MR) is 63.8 cm³/mol. The Kier molecular flexibility index (Phi) is 3.91. The van der Waals surface area contributed by atoms with Gasteiger partial charge in [0.15, 0.2) is 0 Å². The molecule has 1 atom stereocenters. The number of piperidine rings is 1. The van der Waals surface area contributed by atoms with Gasteiger partial charge in [0.25, 0.3) is 0 Å². The van der Waals surface area contributed by atoms with Crippen LogP contribution in [-0.2, 0) is 6.54 Å². The summed E-state index contributed by atoms with van der Waals surface area (Å²) in [6, 6.07) is 7.60. The van der Waals surface area contributed by atoms with E-state index < -0.39 is 6.17 Å². The average Bonchev–Trinajstić information content (AvgIpc) is 2.39. The van der Waals surface area contributed by atoms with Crippen molar-refractivity contribution in [3.63, 3.8) is 0 Å². The second-order valence-electron chi connectivity index (χ2n) is 4.44. The van der Waals surface area contributed by atoms with Crippen LogP contribution in [0.1, 0.15) is 30.1 Å². The molecule has 1 heterocycles. The van der Waals surface area contributed by atoms with Crippen LogP contribution in [0, 0.1) is 5.92 Å². The quantitative estimate of drug-likeness (QED) is 0.822. The topological polar surface area (TPSA) is 38.0 Å². The predicted octanol–water partition coefficient (Wildman–Crippen LogP) is 2.16. The molecule has 0 bridgehead atoms. The number of nitrogens with one attached hydrogen (secondary N) is 1. The van der Waals surface area contributed by atoms with Gasteiger partial charge in [0, 0.05) is 6.54 Å². The number of hydrogen-bond donors (Lipinski definition) is 2. The molecular weight excluding hydrogens is 203 g/mol. The molecule has 3 heteroatoms. The third-order valence-electron chi connectivity index (χ3n) is 3.30. The zero-order valence-corrected chi connectivity index (χ0v) is 9.45. The van der Waals surface area contributed by atoms with E-state index in [4.69, 9.17) is 5.73 Å². The van der Waals surface area contributed by atoms with E-state index in [2.05, 4.69) is 5.32 Å². The SMILES string of the molecule is NCc1cccc(C(F)C2CCNCC2)c1. The molecule has 88 valence electrons. The first-order valence-electron chi connectivity index (χ1n) is 5.95. The Labute approximate surface area is 96.0 Å². The van der Waals surface area contributed by atoms with Crippen molar-refractivity contribution < 1.29 is 4.39 Å². The van der Waals surface area contributed by atoms with Crippen LogP contribution >= 0.6 is 0 Å². The molecular formula is C13H19FN2. The zero-order valence-electron chi connectivity index (χ0n) is 9.45. The van der Waals surface area contributed by atoms with E-state index in [1.165, 1.54) is 0 Å². The monoisotopic (exact) mass is 222 g/mol. The summed E-state index contributed by atoms with van der Waals surface area (Å²) >= 11 is 0. The number of alkyl halides is 1. The lowest BCUT2D eigenvalue weighted by Crippen LogP contribution is -2.29. The number of benzene rings is 1. The summed E-state index contributed by atoms with van der Waals surface area (Å²) in [6.07, 6.45) is 1.01. The van der Waals surface area contributed by atoms with Gasteiger partial charge in [-0.3, -0.25) is 0 Å². The fourth-order valence-corrected chi connectivity index (χ4v) is 2.30. The van der Waals surface area contributed by atoms with Crippen molar-refractivity contribution in [1.29, 1.82) is 0 Å². The highest BCUT2D eigenvalue weighted by molar-refractivity contribution is 5.25. The van der Waals surface area contributed by atoms with Crippen molar-refractivity contribution in [2.45, 2.75) is 25.6 Å². The van der Waals surface area contributed by atoms with Crippen LogP contribution in [0.5, 0.6) is 0 Å². The van der Waals surface area contributed by atoms with Crippen LogP contribution in [0.3, 0.4) is 0 Å². The lowest BCUT2D eigenvalue weighted by molar-refractivity contribution is 0.190. The van der Waals surface area contributed by atoms with E-state index in [1.54, 1.807) is 0 Å². The minimum atomic E-state index is -0.839. The van der Waals surface area contributed by atoms with E-state index in [-0.39, 0.29) is 5.92 Å². The molecule has 1 saturated heterocycles. The molecule has 3 N–H and O–H groups in total. The summed E-state index contributed by atoms with van der Waals surface area (Å²) in [4.78, 5) is 0. The number of hydrogen-bond acceptors (Lipinski definition) is 2. The van der Waals surface area contributed by atoms with Gasteiger partial charge in [0.2, 0.25) is 0 Å². The van der Waals surface area contributed by atoms with Crippen molar-refractivity contribution in [3.05, 3.63) is 35.4 Å². The maximum atomic E-state index is 14.3. The largest absolute Gasteiger partial charge is 0.326 e. The molecule has 0 saturated carbocycles. The Morgan fingerprint density at radius 1 is 1.38 bits per heavy atom. The Morgan fingerprint density at radius 2 is 2.12 bits per heavy atom. The smallest absolute Gasteiger partial charge is 0.128 e. The fourth-order valence-electron chi connectivity index (χ4n) is 2.30. The summed E-state index contributed by atoms with van der Waals surface area (Å²) in [7, 11) is 0. The van der Waals surface area contributed by atoms with Gasteiger partial charge in [-0.15, -0.1) is 0 Å². The molecule has 0 aliphatic carbocycles. The lowest BCUT2D eigenvalue weighted by Gasteiger charge is -2.26. The van der Waals surface area contributed by atoms with Crippen LogP contribution < -0.4 is 11.1 Å². The molecule has 0 amide bonds. The van der Waals surface area contributed by atoms with Crippen LogP contribution in [0.15, 0.2) is 24.3 Å². The highest BCUT2D eigenvalue weighted by Gasteiger charge is 2.24. The van der Waals surface area contributed by atoms with Gasteiger partial charge < -0.3 is 11.1 Å². The summed E-state index contributed by atoms with van der Waals surface area (Å²) in [5.41, 5.74) is 7.36. The van der Waals surface area contributed by atoms with Crippen LogP contribution in [0.4, 0.5) is 4.39 Å².